The normalized spacial score (nSPS) is 14.8. The second-order valence-electron chi connectivity index (χ2n) is 9.77. The summed E-state index contributed by atoms with van der Waals surface area (Å²) in [6.45, 7) is 8.52. The molecule has 0 spiro atoms. The number of carbonyl (C=O) groups excluding carboxylic acids is 1. The summed E-state index contributed by atoms with van der Waals surface area (Å²) in [6.07, 6.45) is 3.41. The van der Waals surface area contributed by atoms with Gasteiger partial charge < -0.3 is 14.6 Å². The molecule has 0 unspecified atom stereocenters. The van der Waals surface area contributed by atoms with Gasteiger partial charge in [0.05, 0.1) is 36.7 Å². The molecular weight excluding hydrogens is 526 g/mol. The molecule has 2 aromatic heterocycles. The number of thiophene rings is 1. The molecule has 2 aromatic carbocycles. The number of benzene rings is 2. The molecular formula is C30H35N5O4S. The Hall–Kier alpha value is -3.54. The highest BCUT2D eigenvalue weighted by molar-refractivity contribution is 7.12. The van der Waals surface area contributed by atoms with Crippen LogP contribution in [0, 0.1) is 6.92 Å². The van der Waals surface area contributed by atoms with Crippen molar-refractivity contribution in [3.63, 3.8) is 0 Å². The molecule has 1 saturated heterocycles. The standard InChI is InChI=1S/C30H35N5O4S/c1-22-10-19-40-29(22)39-30(37)31-28-20-23(21-35-13-11-34(12-14-35)15-17-38-18-16-36)6-7-24(28)8-9-27-25-4-2-3-5-26(25)32-33-27/h2-10,19-20,36H,11-18,21H2,1H3,(H,31,37)(H,32,33)/b9-8+. The number of aromatic amines is 1. The van der Waals surface area contributed by atoms with E-state index in [1.54, 1.807) is 0 Å². The molecule has 9 nitrogen and oxygen atoms in total. The minimum Gasteiger partial charge on any atom is -0.399 e. The third-order valence-corrected chi connectivity index (χ3v) is 7.83. The quantitative estimate of drug-likeness (QED) is 0.225. The van der Waals surface area contributed by atoms with Gasteiger partial charge in [0.25, 0.3) is 0 Å². The Kier molecular flexibility index (Phi) is 9.58. The number of rotatable bonds is 11. The molecule has 0 radical (unpaired) electrons. The van der Waals surface area contributed by atoms with Crippen LogP contribution in [0.2, 0.25) is 0 Å². The van der Waals surface area contributed by atoms with Crippen molar-refractivity contribution in [2.45, 2.75) is 13.5 Å². The maximum absolute atomic E-state index is 12.8. The molecule has 1 fully saturated rings. The molecule has 0 bridgehead atoms. The van der Waals surface area contributed by atoms with Gasteiger partial charge in [-0.1, -0.05) is 36.4 Å². The largest absolute Gasteiger partial charge is 0.417 e. The van der Waals surface area contributed by atoms with Gasteiger partial charge in [0.15, 0.2) is 5.06 Å². The number of piperazine rings is 1. The van der Waals surface area contributed by atoms with Gasteiger partial charge >= 0.3 is 6.09 Å². The first-order valence-electron chi connectivity index (χ1n) is 13.5. The van der Waals surface area contributed by atoms with E-state index in [1.807, 2.05) is 66.9 Å². The van der Waals surface area contributed by atoms with Gasteiger partial charge in [0.2, 0.25) is 0 Å². The van der Waals surface area contributed by atoms with Crippen LogP contribution in [-0.2, 0) is 11.3 Å². The Balaban J connectivity index is 1.28. The lowest BCUT2D eigenvalue weighted by Crippen LogP contribution is -2.46. The fourth-order valence-electron chi connectivity index (χ4n) is 4.71. The lowest BCUT2D eigenvalue weighted by atomic mass is 10.1. The molecule has 40 heavy (non-hydrogen) atoms. The number of hydrogen-bond donors (Lipinski definition) is 3. The summed E-state index contributed by atoms with van der Waals surface area (Å²) in [5.74, 6) is 0. The molecule has 3 heterocycles. The fourth-order valence-corrected chi connectivity index (χ4v) is 5.48. The number of ether oxygens (including phenoxy) is 2. The number of hydrogen-bond acceptors (Lipinski definition) is 8. The third kappa shape index (κ3) is 7.35. The molecule has 4 aromatic rings. The average molecular weight is 562 g/mol. The van der Waals surface area contributed by atoms with Crippen molar-refractivity contribution in [2.75, 3.05) is 57.9 Å². The third-order valence-electron chi connectivity index (χ3n) is 6.93. The van der Waals surface area contributed by atoms with E-state index in [4.69, 9.17) is 14.6 Å². The topological polar surface area (TPSA) is 103 Å². The Bertz CT molecular complexity index is 1440. The van der Waals surface area contributed by atoms with E-state index < -0.39 is 6.09 Å². The van der Waals surface area contributed by atoms with Gasteiger partial charge in [0, 0.05) is 50.2 Å². The number of anilines is 1. The van der Waals surface area contributed by atoms with Gasteiger partial charge in [-0.3, -0.25) is 20.2 Å². The summed E-state index contributed by atoms with van der Waals surface area (Å²) in [5, 5.41) is 22.9. The average Bonchev–Trinajstić information content (AvgIpc) is 3.57. The van der Waals surface area contributed by atoms with Crippen LogP contribution >= 0.6 is 11.3 Å². The van der Waals surface area contributed by atoms with Crippen LogP contribution in [0.3, 0.4) is 0 Å². The number of aliphatic hydroxyl groups excluding tert-OH is 1. The van der Waals surface area contributed by atoms with Crippen molar-refractivity contribution >= 4 is 46.2 Å². The Labute approximate surface area is 238 Å². The predicted molar refractivity (Wildman–Crippen MR) is 160 cm³/mol. The SMILES string of the molecule is Cc1ccsc1OC(=O)Nc1cc(CN2CCN(CCOCCO)CC2)ccc1/C=C/c1n[nH]c2ccccc12. The van der Waals surface area contributed by atoms with Crippen molar-refractivity contribution in [2.24, 2.45) is 0 Å². The van der Waals surface area contributed by atoms with Crippen LogP contribution in [0.4, 0.5) is 10.5 Å². The Morgan fingerprint density at radius 3 is 2.73 bits per heavy atom. The van der Waals surface area contributed by atoms with E-state index >= 15 is 0 Å². The van der Waals surface area contributed by atoms with Crippen molar-refractivity contribution in [1.82, 2.24) is 20.0 Å². The number of aliphatic hydroxyl groups is 1. The predicted octanol–water partition coefficient (Wildman–Crippen LogP) is 4.84. The van der Waals surface area contributed by atoms with Crippen molar-refractivity contribution in [3.8, 4) is 5.06 Å². The minimum absolute atomic E-state index is 0.0600. The molecule has 3 N–H and O–H groups in total. The maximum atomic E-state index is 12.8. The molecule has 0 atom stereocenters. The summed E-state index contributed by atoms with van der Waals surface area (Å²) in [4.78, 5) is 17.7. The zero-order chi connectivity index (χ0) is 27.7. The summed E-state index contributed by atoms with van der Waals surface area (Å²) in [5.41, 5.74) is 5.41. The molecule has 0 saturated carbocycles. The first-order chi connectivity index (χ1) is 19.6. The van der Waals surface area contributed by atoms with Crippen LogP contribution in [0.25, 0.3) is 23.1 Å². The number of nitrogens with zero attached hydrogens (tertiary/aromatic N) is 3. The van der Waals surface area contributed by atoms with Crippen LogP contribution in [0.1, 0.15) is 22.4 Å². The molecule has 0 aliphatic carbocycles. The van der Waals surface area contributed by atoms with Crippen LogP contribution in [0.15, 0.2) is 53.9 Å². The number of fused-ring (bicyclic) bond motifs is 1. The highest BCUT2D eigenvalue weighted by Crippen LogP contribution is 2.27. The zero-order valence-electron chi connectivity index (χ0n) is 22.6. The number of carbonyl (C=O) groups is 1. The fraction of sp³-hybridized carbons (Fsp3) is 0.333. The number of para-hydroxylation sites is 1. The van der Waals surface area contributed by atoms with Gasteiger partial charge in [-0.05, 0) is 47.7 Å². The molecule has 1 aliphatic heterocycles. The lowest BCUT2D eigenvalue weighted by molar-refractivity contribution is 0.0564. The van der Waals surface area contributed by atoms with Crippen LogP contribution in [-0.4, -0.2) is 83.7 Å². The lowest BCUT2D eigenvalue weighted by Gasteiger charge is -2.34. The first kappa shape index (κ1) is 28.0. The van der Waals surface area contributed by atoms with Gasteiger partial charge in [-0.25, -0.2) is 4.79 Å². The minimum atomic E-state index is -0.514. The summed E-state index contributed by atoms with van der Waals surface area (Å²) >= 11 is 1.40. The number of amides is 1. The summed E-state index contributed by atoms with van der Waals surface area (Å²) < 4.78 is 11.0. The van der Waals surface area contributed by atoms with Crippen LogP contribution < -0.4 is 10.1 Å². The van der Waals surface area contributed by atoms with E-state index in [9.17, 15) is 4.79 Å². The highest BCUT2D eigenvalue weighted by Gasteiger charge is 2.18. The van der Waals surface area contributed by atoms with Gasteiger partial charge in [-0.2, -0.15) is 5.10 Å². The number of H-pyrrole nitrogens is 1. The van der Waals surface area contributed by atoms with Crippen LogP contribution in [0.5, 0.6) is 5.06 Å². The smallest absolute Gasteiger partial charge is 0.399 e. The second-order valence-corrected chi connectivity index (χ2v) is 10.6. The maximum Gasteiger partial charge on any atom is 0.417 e. The Morgan fingerprint density at radius 1 is 1.10 bits per heavy atom. The molecule has 210 valence electrons. The molecule has 1 aliphatic rings. The molecule has 5 rings (SSSR count). The Morgan fingerprint density at radius 2 is 1.93 bits per heavy atom. The van der Waals surface area contributed by atoms with E-state index in [-0.39, 0.29) is 6.61 Å². The second kappa shape index (κ2) is 13.7. The van der Waals surface area contributed by atoms with E-state index in [1.165, 1.54) is 11.3 Å². The summed E-state index contributed by atoms with van der Waals surface area (Å²) in [6, 6.07) is 16.1. The number of nitrogens with one attached hydrogen (secondary N) is 2. The number of aromatic nitrogens is 2. The van der Waals surface area contributed by atoms with Crippen molar-refractivity contribution in [1.29, 1.82) is 0 Å². The van der Waals surface area contributed by atoms with Crippen molar-refractivity contribution < 1.29 is 19.4 Å². The molecule has 1 amide bonds. The van der Waals surface area contributed by atoms with Gasteiger partial charge in [-0.15, -0.1) is 11.3 Å². The zero-order valence-corrected chi connectivity index (χ0v) is 23.5. The number of aryl methyl sites for hydroxylation is 1. The highest BCUT2D eigenvalue weighted by atomic mass is 32.1. The van der Waals surface area contributed by atoms with Gasteiger partial charge in [0.1, 0.15) is 0 Å². The van der Waals surface area contributed by atoms with Crippen molar-refractivity contribution in [3.05, 3.63) is 76.3 Å². The van der Waals surface area contributed by atoms with E-state index in [2.05, 4.69) is 31.4 Å². The monoisotopic (exact) mass is 561 g/mol. The van der Waals surface area contributed by atoms with E-state index in [0.29, 0.717) is 24.0 Å². The summed E-state index contributed by atoms with van der Waals surface area (Å²) in [7, 11) is 0. The molecule has 10 heteroatoms. The first-order valence-corrected chi connectivity index (χ1v) is 14.4. The van der Waals surface area contributed by atoms with E-state index in [0.717, 1.165) is 72.6 Å².